The molecule has 0 fully saturated rings. The lowest BCUT2D eigenvalue weighted by molar-refractivity contribution is -0.132. The molecule has 4 nitrogen and oxygen atoms in total. The van der Waals surface area contributed by atoms with Crippen LogP contribution >= 0.6 is 12.2 Å². The third kappa shape index (κ3) is 5.85. The highest BCUT2D eigenvalue weighted by Gasteiger charge is 2.27. The van der Waals surface area contributed by atoms with Gasteiger partial charge in [-0.15, -0.1) is 0 Å². The molecule has 1 aromatic rings. The van der Waals surface area contributed by atoms with E-state index >= 15 is 0 Å². The molecule has 0 saturated carbocycles. The van der Waals surface area contributed by atoms with Crippen LogP contribution < -0.4 is 10.5 Å². The maximum absolute atomic E-state index is 11.9. The second-order valence-electron chi connectivity index (χ2n) is 4.05. The van der Waals surface area contributed by atoms with Gasteiger partial charge in [0.15, 0.2) is 0 Å². The second kappa shape index (κ2) is 6.51. The van der Waals surface area contributed by atoms with Gasteiger partial charge in [0, 0.05) is 13.0 Å². The van der Waals surface area contributed by atoms with Crippen LogP contribution in [0.5, 0.6) is 0 Å². The molecule has 0 radical (unpaired) electrons. The minimum absolute atomic E-state index is 0.105. The number of hydrogen-bond acceptors (Lipinski definition) is 3. The van der Waals surface area contributed by atoms with E-state index in [1.165, 1.54) is 24.3 Å². The Labute approximate surface area is 120 Å². The molecule has 0 heterocycles. The van der Waals surface area contributed by atoms with Crippen molar-refractivity contribution >= 4 is 27.2 Å². The molecule has 0 aliphatic heterocycles. The molecule has 0 spiro atoms. The Balaban J connectivity index is 2.70. The Bertz CT molecular complexity index is 568. The molecule has 0 unspecified atom stereocenters. The summed E-state index contributed by atoms with van der Waals surface area (Å²) >= 11 is 4.72. The Hall–Kier alpha value is -1.19. The summed E-state index contributed by atoms with van der Waals surface area (Å²) < 4.78 is 61.2. The topological polar surface area (TPSA) is 72.2 Å². The van der Waals surface area contributed by atoms with Gasteiger partial charge in [0.05, 0.1) is 16.3 Å². The fourth-order valence-electron chi connectivity index (χ4n) is 1.40. The normalized spacial score (nSPS) is 12.3. The highest BCUT2D eigenvalue weighted by atomic mass is 32.2. The van der Waals surface area contributed by atoms with Gasteiger partial charge < -0.3 is 5.73 Å². The lowest BCUT2D eigenvalue weighted by Gasteiger charge is -2.09. The monoisotopic (exact) mass is 326 g/mol. The molecule has 0 bridgehead atoms. The van der Waals surface area contributed by atoms with Crippen molar-refractivity contribution in [3.8, 4) is 0 Å². The van der Waals surface area contributed by atoms with Gasteiger partial charge in [-0.25, -0.2) is 13.1 Å². The lowest BCUT2D eigenvalue weighted by atomic mass is 10.1. The van der Waals surface area contributed by atoms with Crippen LogP contribution in [0.4, 0.5) is 13.2 Å². The Kier molecular flexibility index (Phi) is 5.49. The van der Waals surface area contributed by atoms with Crippen molar-refractivity contribution in [3.63, 3.8) is 0 Å². The number of nitrogens with two attached hydrogens (primary N) is 1. The molecule has 0 amide bonds. The Morgan fingerprint density at radius 3 is 2.25 bits per heavy atom. The smallest absolute Gasteiger partial charge is 0.390 e. The van der Waals surface area contributed by atoms with Crippen molar-refractivity contribution in [2.45, 2.75) is 23.9 Å². The summed E-state index contributed by atoms with van der Waals surface area (Å²) in [4.78, 5) is 0.162. The van der Waals surface area contributed by atoms with Crippen molar-refractivity contribution in [1.82, 2.24) is 4.72 Å². The van der Waals surface area contributed by atoms with Gasteiger partial charge in [0.2, 0.25) is 10.0 Å². The Morgan fingerprint density at radius 1 is 1.25 bits per heavy atom. The van der Waals surface area contributed by atoms with Crippen LogP contribution in [-0.2, 0) is 16.4 Å². The van der Waals surface area contributed by atoms with Crippen molar-refractivity contribution in [3.05, 3.63) is 29.8 Å². The standard InChI is InChI=1S/C11H13F3N2O2S2/c12-11(13,14)5-6-16-20(17,18)9-3-1-8(2-4-9)7-10(15)19/h1-4,16H,5-7H2,(H2,15,19). The van der Waals surface area contributed by atoms with Crippen LogP contribution in [0.1, 0.15) is 12.0 Å². The third-order valence-electron chi connectivity index (χ3n) is 2.31. The van der Waals surface area contributed by atoms with E-state index in [0.29, 0.717) is 6.42 Å². The SMILES string of the molecule is NC(=S)Cc1ccc(S(=O)(=O)NCCC(F)(F)F)cc1. The predicted octanol–water partition coefficient (Wildman–Crippen LogP) is 1.75. The number of hydrogen-bond donors (Lipinski definition) is 2. The minimum atomic E-state index is -4.40. The van der Waals surface area contributed by atoms with Crippen LogP contribution in [-0.4, -0.2) is 26.1 Å². The first-order chi connectivity index (χ1) is 9.10. The van der Waals surface area contributed by atoms with Gasteiger partial charge in [-0.05, 0) is 17.7 Å². The highest BCUT2D eigenvalue weighted by molar-refractivity contribution is 7.89. The molecule has 1 aromatic carbocycles. The molecule has 9 heteroatoms. The third-order valence-corrected chi connectivity index (χ3v) is 3.93. The van der Waals surface area contributed by atoms with Crippen molar-refractivity contribution in [2.75, 3.05) is 6.54 Å². The molecule has 20 heavy (non-hydrogen) atoms. The van der Waals surface area contributed by atoms with Crippen LogP contribution in [0.25, 0.3) is 0 Å². The summed E-state index contributed by atoms with van der Waals surface area (Å²) in [6.07, 6.45) is -5.29. The van der Waals surface area contributed by atoms with E-state index in [2.05, 4.69) is 0 Å². The van der Waals surface area contributed by atoms with E-state index < -0.39 is 29.2 Å². The number of benzene rings is 1. The largest absolute Gasteiger partial charge is 0.393 e. The van der Waals surface area contributed by atoms with Crippen molar-refractivity contribution in [2.24, 2.45) is 5.73 Å². The number of thiocarbonyl (C=S) groups is 1. The Morgan fingerprint density at radius 2 is 1.80 bits per heavy atom. The van der Waals surface area contributed by atoms with Gasteiger partial charge in [0.1, 0.15) is 0 Å². The quantitative estimate of drug-likeness (QED) is 0.781. The first-order valence-corrected chi connectivity index (χ1v) is 7.43. The first kappa shape index (κ1) is 16.9. The van der Waals surface area contributed by atoms with Gasteiger partial charge >= 0.3 is 6.18 Å². The summed E-state index contributed by atoms with van der Waals surface area (Å²) in [5, 5.41) is 0. The fraction of sp³-hybridized carbons (Fsp3) is 0.364. The van der Waals surface area contributed by atoms with E-state index in [0.717, 1.165) is 5.56 Å². The minimum Gasteiger partial charge on any atom is -0.393 e. The van der Waals surface area contributed by atoms with Crippen LogP contribution in [0, 0.1) is 0 Å². The van der Waals surface area contributed by atoms with E-state index in [-0.39, 0.29) is 9.88 Å². The van der Waals surface area contributed by atoms with Gasteiger partial charge in [-0.2, -0.15) is 13.2 Å². The maximum atomic E-state index is 11.9. The summed E-state index contributed by atoms with van der Waals surface area (Å²) in [5.41, 5.74) is 6.08. The molecule has 3 N–H and O–H groups in total. The zero-order valence-electron chi connectivity index (χ0n) is 10.3. The van der Waals surface area contributed by atoms with E-state index in [1.54, 1.807) is 0 Å². The molecule has 0 aliphatic rings. The first-order valence-electron chi connectivity index (χ1n) is 5.54. The number of halogens is 3. The summed E-state index contributed by atoms with van der Waals surface area (Å²) in [6.45, 7) is -0.694. The zero-order chi connectivity index (χ0) is 15.4. The molecular formula is C11H13F3N2O2S2. The number of rotatable bonds is 6. The number of sulfonamides is 1. The molecule has 1 rings (SSSR count). The van der Waals surface area contributed by atoms with Gasteiger partial charge in [-0.1, -0.05) is 24.4 Å². The summed E-state index contributed by atoms with van der Waals surface area (Å²) in [7, 11) is -3.94. The molecule has 112 valence electrons. The lowest BCUT2D eigenvalue weighted by Crippen LogP contribution is -2.28. The molecule has 0 atom stereocenters. The average Bonchev–Trinajstić information content (AvgIpc) is 2.26. The molecular weight excluding hydrogens is 313 g/mol. The van der Waals surface area contributed by atoms with Crippen molar-refractivity contribution < 1.29 is 21.6 Å². The number of alkyl halides is 3. The fourth-order valence-corrected chi connectivity index (χ4v) is 2.60. The van der Waals surface area contributed by atoms with Crippen LogP contribution in [0.15, 0.2) is 29.2 Å². The van der Waals surface area contributed by atoms with Gasteiger partial charge in [0.25, 0.3) is 0 Å². The average molecular weight is 326 g/mol. The van der Waals surface area contributed by atoms with E-state index in [4.69, 9.17) is 18.0 Å². The van der Waals surface area contributed by atoms with Crippen molar-refractivity contribution in [1.29, 1.82) is 0 Å². The van der Waals surface area contributed by atoms with E-state index in [1.807, 2.05) is 4.72 Å². The van der Waals surface area contributed by atoms with Crippen LogP contribution in [0.2, 0.25) is 0 Å². The van der Waals surface area contributed by atoms with Gasteiger partial charge in [-0.3, -0.25) is 0 Å². The molecule has 0 aliphatic carbocycles. The highest BCUT2D eigenvalue weighted by Crippen LogP contribution is 2.19. The van der Waals surface area contributed by atoms with Crippen LogP contribution in [0.3, 0.4) is 0 Å². The summed E-state index contributed by atoms with van der Waals surface area (Å²) in [5.74, 6) is 0. The van der Waals surface area contributed by atoms with E-state index in [9.17, 15) is 21.6 Å². The zero-order valence-corrected chi connectivity index (χ0v) is 11.9. The second-order valence-corrected chi connectivity index (χ2v) is 6.34. The predicted molar refractivity (Wildman–Crippen MR) is 72.8 cm³/mol. The molecule has 0 aromatic heterocycles. The number of nitrogens with one attached hydrogen (secondary N) is 1. The maximum Gasteiger partial charge on any atom is 0.390 e. The molecule has 0 saturated heterocycles. The summed E-state index contributed by atoms with van der Waals surface area (Å²) in [6, 6.07) is 5.61.